The van der Waals surface area contributed by atoms with E-state index in [-0.39, 0.29) is 0 Å². The third kappa shape index (κ3) is 1.82. The van der Waals surface area contributed by atoms with Crippen molar-refractivity contribution in [3.05, 3.63) is 24.0 Å². The Morgan fingerprint density at radius 1 is 1.62 bits per heavy atom. The Morgan fingerprint density at radius 3 is 3.08 bits per heavy atom. The molecule has 1 saturated heterocycles. The van der Waals surface area contributed by atoms with Crippen molar-refractivity contribution in [2.24, 2.45) is 0 Å². The van der Waals surface area contributed by atoms with Crippen LogP contribution in [0, 0.1) is 11.3 Å². The molecule has 0 aromatic carbocycles. The molecule has 0 amide bonds. The van der Waals surface area contributed by atoms with Crippen LogP contribution in [0.5, 0.6) is 0 Å². The molecule has 1 aromatic rings. The van der Waals surface area contributed by atoms with E-state index in [0.717, 1.165) is 18.1 Å². The summed E-state index contributed by atoms with van der Waals surface area (Å²) >= 11 is 1.67. The van der Waals surface area contributed by atoms with Crippen molar-refractivity contribution in [1.82, 2.24) is 4.98 Å². The summed E-state index contributed by atoms with van der Waals surface area (Å²) in [5, 5.41) is 9.26. The summed E-state index contributed by atoms with van der Waals surface area (Å²) in [6.07, 6.45) is 1.64. The van der Waals surface area contributed by atoms with Gasteiger partial charge in [0.1, 0.15) is 6.07 Å². The average molecular weight is 192 g/mol. The zero-order chi connectivity index (χ0) is 9.10. The van der Waals surface area contributed by atoms with Crippen molar-refractivity contribution in [1.29, 1.82) is 5.26 Å². The molecule has 1 aliphatic heterocycles. The second-order valence-electron chi connectivity index (χ2n) is 2.74. The third-order valence-corrected chi connectivity index (χ3v) is 2.97. The first-order valence-corrected chi connectivity index (χ1v) is 4.87. The van der Waals surface area contributed by atoms with Crippen molar-refractivity contribution in [2.45, 2.75) is 10.1 Å². The van der Waals surface area contributed by atoms with Gasteiger partial charge in [-0.3, -0.25) is 0 Å². The molecule has 1 fully saturated rings. The summed E-state index contributed by atoms with van der Waals surface area (Å²) in [5.41, 5.74) is 0.513. The molecule has 13 heavy (non-hydrogen) atoms. The maximum atomic E-state index is 8.76. The zero-order valence-corrected chi connectivity index (χ0v) is 7.75. The lowest BCUT2D eigenvalue weighted by Gasteiger charge is -2.25. The summed E-state index contributed by atoms with van der Waals surface area (Å²) in [6.45, 7) is 1.56. The number of thioether (sulfide) groups is 1. The van der Waals surface area contributed by atoms with Crippen molar-refractivity contribution in [3.8, 4) is 6.07 Å². The van der Waals surface area contributed by atoms with Crippen LogP contribution in [0.4, 0.5) is 0 Å². The van der Waals surface area contributed by atoms with E-state index in [1.165, 1.54) is 0 Å². The minimum absolute atomic E-state index is 0.497. The summed E-state index contributed by atoms with van der Waals surface area (Å²) in [5.74, 6) is 0. The van der Waals surface area contributed by atoms with Gasteiger partial charge in [-0.2, -0.15) is 5.26 Å². The summed E-state index contributed by atoms with van der Waals surface area (Å²) in [7, 11) is 0. The Bertz CT molecular complexity index is 344. The molecule has 0 atom stereocenters. The van der Waals surface area contributed by atoms with Crippen LogP contribution in [0.3, 0.4) is 0 Å². The molecule has 0 bridgehead atoms. The molecule has 0 aliphatic carbocycles. The standard InChI is InChI=1S/C9H8N2OS/c10-4-8-9(2-1-3-11-8)13-7-5-12-6-7/h1-3,7H,5-6H2. The van der Waals surface area contributed by atoms with Gasteiger partial charge in [-0.1, -0.05) is 0 Å². The predicted molar refractivity (Wildman–Crippen MR) is 49.4 cm³/mol. The molecule has 2 heterocycles. The lowest BCUT2D eigenvalue weighted by atomic mass is 10.4. The Morgan fingerprint density at radius 2 is 2.46 bits per heavy atom. The van der Waals surface area contributed by atoms with E-state index in [9.17, 15) is 0 Å². The number of pyridine rings is 1. The first kappa shape index (κ1) is 8.54. The molecule has 0 saturated carbocycles. The lowest BCUT2D eigenvalue weighted by Crippen LogP contribution is -2.30. The molecule has 3 nitrogen and oxygen atoms in total. The number of rotatable bonds is 2. The van der Waals surface area contributed by atoms with Gasteiger partial charge in [0.2, 0.25) is 0 Å². The van der Waals surface area contributed by atoms with Gasteiger partial charge in [-0.25, -0.2) is 4.98 Å². The Hall–Kier alpha value is -1.05. The van der Waals surface area contributed by atoms with E-state index >= 15 is 0 Å². The molecule has 2 rings (SSSR count). The van der Waals surface area contributed by atoms with Gasteiger partial charge in [0.05, 0.1) is 18.5 Å². The molecule has 0 spiro atoms. The van der Waals surface area contributed by atoms with E-state index in [2.05, 4.69) is 11.1 Å². The van der Waals surface area contributed by atoms with Crippen LogP contribution in [-0.4, -0.2) is 23.4 Å². The van der Waals surface area contributed by atoms with E-state index < -0.39 is 0 Å². The first-order valence-electron chi connectivity index (χ1n) is 3.99. The minimum Gasteiger partial charge on any atom is -0.379 e. The maximum Gasteiger partial charge on any atom is 0.153 e. The SMILES string of the molecule is N#Cc1ncccc1SC1COC1. The topological polar surface area (TPSA) is 45.9 Å². The number of ether oxygens (including phenoxy) is 1. The maximum absolute atomic E-state index is 8.76. The molecule has 1 aliphatic rings. The van der Waals surface area contributed by atoms with Crippen molar-refractivity contribution in [3.63, 3.8) is 0 Å². The number of hydrogen-bond acceptors (Lipinski definition) is 4. The van der Waals surface area contributed by atoms with Gasteiger partial charge in [0.15, 0.2) is 5.69 Å². The van der Waals surface area contributed by atoms with Crippen molar-refractivity contribution < 1.29 is 4.74 Å². The highest BCUT2D eigenvalue weighted by molar-refractivity contribution is 8.00. The summed E-state index contributed by atoms with van der Waals surface area (Å²) in [6, 6.07) is 5.85. The Labute approximate surface area is 80.7 Å². The number of nitrogens with zero attached hydrogens (tertiary/aromatic N) is 2. The van der Waals surface area contributed by atoms with Crippen LogP contribution < -0.4 is 0 Å². The fourth-order valence-corrected chi connectivity index (χ4v) is 2.09. The van der Waals surface area contributed by atoms with Crippen LogP contribution in [0.25, 0.3) is 0 Å². The minimum atomic E-state index is 0.497. The summed E-state index contributed by atoms with van der Waals surface area (Å²) in [4.78, 5) is 4.94. The highest BCUT2D eigenvalue weighted by Crippen LogP contribution is 2.29. The second kappa shape index (κ2) is 3.77. The highest BCUT2D eigenvalue weighted by atomic mass is 32.2. The van der Waals surface area contributed by atoms with Gasteiger partial charge in [-0.05, 0) is 12.1 Å². The molecule has 4 heteroatoms. The van der Waals surface area contributed by atoms with Gasteiger partial charge in [-0.15, -0.1) is 11.8 Å². The quantitative estimate of drug-likeness (QED) is 0.711. The fraction of sp³-hybridized carbons (Fsp3) is 0.333. The number of nitriles is 1. The Balaban J connectivity index is 2.14. The largest absolute Gasteiger partial charge is 0.379 e. The normalized spacial score (nSPS) is 16.2. The average Bonchev–Trinajstić information content (AvgIpc) is 2.12. The van der Waals surface area contributed by atoms with Crippen LogP contribution in [0.2, 0.25) is 0 Å². The Kier molecular flexibility index (Phi) is 2.48. The smallest absolute Gasteiger partial charge is 0.153 e. The third-order valence-electron chi connectivity index (χ3n) is 1.78. The highest BCUT2D eigenvalue weighted by Gasteiger charge is 2.20. The lowest BCUT2D eigenvalue weighted by molar-refractivity contribution is 0.0455. The van der Waals surface area contributed by atoms with Crippen molar-refractivity contribution >= 4 is 11.8 Å². The molecule has 1 aromatic heterocycles. The van der Waals surface area contributed by atoms with Crippen molar-refractivity contribution in [2.75, 3.05) is 13.2 Å². The van der Waals surface area contributed by atoms with Gasteiger partial charge >= 0.3 is 0 Å². The van der Waals surface area contributed by atoms with E-state index in [4.69, 9.17) is 10.00 Å². The van der Waals surface area contributed by atoms with Crippen LogP contribution in [-0.2, 0) is 4.74 Å². The molecular formula is C9H8N2OS. The van der Waals surface area contributed by atoms with Crippen LogP contribution in [0.15, 0.2) is 23.2 Å². The van der Waals surface area contributed by atoms with Gasteiger partial charge in [0.25, 0.3) is 0 Å². The predicted octanol–water partition coefficient (Wildman–Crippen LogP) is 1.44. The monoisotopic (exact) mass is 192 g/mol. The van der Waals surface area contributed by atoms with Crippen LogP contribution >= 0.6 is 11.8 Å². The van der Waals surface area contributed by atoms with E-state index in [0.29, 0.717) is 10.9 Å². The number of aromatic nitrogens is 1. The van der Waals surface area contributed by atoms with Gasteiger partial charge < -0.3 is 4.74 Å². The molecule has 0 N–H and O–H groups in total. The molecule has 66 valence electrons. The first-order chi connectivity index (χ1) is 6.40. The number of hydrogen-bond donors (Lipinski definition) is 0. The fourth-order valence-electron chi connectivity index (χ4n) is 1.03. The molecular weight excluding hydrogens is 184 g/mol. The van der Waals surface area contributed by atoms with Gasteiger partial charge in [0, 0.05) is 11.1 Å². The molecule has 0 unspecified atom stereocenters. The van der Waals surface area contributed by atoms with Crippen LogP contribution in [0.1, 0.15) is 5.69 Å². The van der Waals surface area contributed by atoms with E-state index in [1.54, 1.807) is 18.0 Å². The molecule has 0 radical (unpaired) electrons. The second-order valence-corrected chi connectivity index (χ2v) is 4.08. The zero-order valence-electron chi connectivity index (χ0n) is 6.93. The summed E-state index contributed by atoms with van der Waals surface area (Å²) < 4.78 is 5.06. The van der Waals surface area contributed by atoms with E-state index in [1.807, 2.05) is 12.1 Å².